The van der Waals surface area contributed by atoms with Gasteiger partial charge in [0.25, 0.3) is 5.92 Å². The lowest BCUT2D eigenvalue weighted by molar-refractivity contribution is -0.0423. The third-order valence-electron chi connectivity index (χ3n) is 5.14. The summed E-state index contributed by atoms with van der Waals surface area (Å²) in [6, 6.07) is -0.368. The topological polar surface area (TPSA) is 44.7 Å². The molecule has 1 aliphatic carbocycles. The van der Waals surface area contributed by atoms with E-state index in [9.17, 15) is 22.7 Å². The highest BCUT2D eigenvalue weighted by atomic mass is 19.3. The first-order valence-electron chi connectivity index (χ1n) is 8.28. The predicted octanol–water partition coefficient (Wildman–Crippen LogP) is 1.62. The van der Waals surface area contributed by atoms with E-state index in [0.717, 1.165) is 0 Å². The van der Waals surface area contributed by atoms with Crippen molar-refractivity contribution in [1.82, 2.24) is 10.2 Å². The van der Waals surface area contributed by atoms with Crippen molar-refractivity contribution in [2.75, 3.05) is 26.2 Å². The Bertz CT molecular complexity index is 414. The Labute approximate surface area is 133 Å². The molecule has 0 bridgehead atoms. The Hall–Kier alpha value is -0.440. The standard InChI is InChI=1S/C15H24F4N2O2/c16-14(17)3-1-10(2-4-14)20-11-8-23-12(13(11)22)7-21-6-5-15(18,19)9-21/h10-13,20,22H,1-9H2. The molecule has 8 heteroatoms. The van der Waals surface area contributed by atoms with E-state index in [-0.39, 0.29) is 51.0 Å². The van der Waals surface area contributed by atoms with Gasteiger partial charge >= 0.3 is 0 Å². The lowest BCUT2D eigenvalue weighted by Gasteiger charge is -2.31. The van der Waals surface area contributed by atoms with Crippen LogP contribution in [0.4, 0.5) is 17.6 Å². The summed E-state index contributed by atoms with van der Waals surface area (Å²) in [4.78, 5) is 1.61. The third-order valence-corrected chi connectivity index (χ3v) is 5.14. The van der Waals surface area contributed by atoms with E-state index >= 15 is 0 Å². The minimum atomic E-state index is -2.66. The second-order valence-electron chi connectivity index (χ2n) is 7.11. The zero-order valence-corrected chi connectivity index (χ0v) is 13.0. The number of nitrogens with zero attached hydrogens (tertiary/aromatic N) is 1. The van der Waals surface area contributed by atoms with E-state index in [2.05, 4.69) is 5.32 Å². The molecule has 0 radical (unpaired) electrons. The average Bonchev–Trinajstić information content (AvgIpc) is 2.97. The quantitative estimate of drug-likeness (QED) is 0.764. The summed E-state index contributed by atoms with van der Waals surface area (Å²) in [6.07, 6.45) is -0.994. The summed E-state index contributed by atoms with van der Waals surface area (Å²) in [7, 11) is 0. The van der Waals surface area contributed by atoms with Crippen LogP contribution < -0.4 is 5.32 Å². The highest BCUT2D eigenvalue weighted by Gasteiger charge is 2.43. The maximum absolute atomic E-state index is 13.2. The van der Waals surface area contributed by atoms with E-state index in [1.54, 1.807) is 4.90 Å². The second-order valence-corrected chi connectivity index (χ2v) is 7.11. The molecule has 3 aliphatic rings. The van der Waals surface area contributed by atoms with Crippen LogP contribution in [0.2, 0.25) is 0 Å². The van der Waals surface area contributed by atoms with Crippen molar-refractivity contribution in [2.45, 2.75) is 68.2 Å². The molecule has 0 aromatic heterocycles. The number of rotatable bonds is 4. The highest BCUT2D eigenvalue weighted by molar-refractivity contribution is 4.95. The minimum absolute atomic E-state index is 0.0484. The molecule has 2 saturated heterocycles. The van der Waals surface area contributed by atoms with E-state index < -0.39 is 24.1 Å². The van der Waals surface area contributed by atoms with Crippen molar-refractivity contribution in [3.8, 4) is 0 Å². The molecular weight excluding hydrogens is 316 g/mol. The normalized spacial score (nSPS) is 38.2. The average molecular weight is 340 g/mol. The van der Waals surface area contributed by atoms with Crippen LogP contribution in [0.25, 0.3) is 0 Å². The van der Waals surface area contributed by atoms with Crippen LogP contribution in [0.1, 0.15) is 32.1 Å². The lowest BCUT2D eigenvalue weighted by atomic mass is 9.91. The van der Waals surface area contributed by atoms with E-state index in [4.69, 9.17) is 4.74 Å². The van der Waals surface area contributed by atoms with Crippen molar-refractivity contribution in [3.63, 3.8) is 0 Å². The van der Waals surface area contributed by atoms with Crippen molar-refractivity contribution < 1.29 is 27.4 Å². The van der Waals surface area contributed by atoms with Gasteiger partial charge in [-0.25, -0.2) is 17.6 Å². The smallest absolute Gasteiger partial charge is 0.261 e. The van der Waals surface area contributed by atoms with Crippen molar-refractivity contribution in [3.05, 3.63) is 0 Å². The zero-order valence-electron chi connectivity index (χ0n) is 13.0. The maximum Gasteiger partial charge on any atom is 0.261 e. The van der Waals surface area contributed by atoms with Crippen molar-refractivity contribution in [1.29, 1.82) is 0 Å². The van der Waals surface area contributed by atoms with Gasteiger partial charge in [0.1, 0.15) is 0 Å². The molecule has 1 saturated carbocycles. The molecule has 4 nitrogen and oxygen atoms in total. The Morgan fingerprint density at radius 2 is 1.78 bits per heavy atom. The van der Waals surface area contributed by atoms with Crippen molar-refractivity contribution >= 4 is 0 Å². The van der Waals surface area contributed by atoms with Gasteiger partial charge in [0, 0.05) is 38.4 Å². The zero-order chi connectivity index (χ0) is 16.7. The van der Waals surface area contributed by atoms with Crippen LogP contribution in [0.15, 0.2) is 0 Å². The summed E-state index contributed by atoms with van der Waals surface area (Å²) in [6.45, 7) is 0.561. The number of aliphatic hydroxyl groups is 1. The number of aliphatic hydroxyl groups excluding tert-OH is 1. The molecule has 134 valence electrons. The summed E-state index contributed by atoms with van der Waals surface area (Å²) in [5.74, 6) is -5.24. The second kappa shape index (κ2) is 6.46. The molecule has 23 heavy (non-hydrogen) atoms. The SMILES string of the molecule is OC1C(NC2CCC(F)(F)CC2)COC1CN1CCC(F)(F)C1. The van der Waals surface area contributed by atoms with E-state index in [1.807, 2.05) is 0 Å². The number of halogens is 4. The first-order chi connectivity index (χ1) is 10.7. The molecule has 0 amide bonds. The van der Waals surface area contributed by atoms with Crippen LogP contribution in [0.5, 0.6) is 0 Å². The van der Waals surface area contributed by atoms with Crippen LogP contribution in [0.3, 0.4) is 0 Å². The Kier molecular flexibility index (Phi) is 4.88. The largest absolute Gasteiger partial charge is 0.389 e. The summed E-state index contributed by atoms with van der Waals surface area (Å²) < 4.78 is 58.2. The summed E-state index contributed by atoms with van der Waals surface area (Å²) >= 11 is 0. The molecule has 3 rings (SSSR count). The van der Waals surface area contributed by atoms with E-state index in [0.29, 0.717) is 19.4 Å². The monoisotopic (exact) mass is 340 g/mol. The molecule has 2 aliphatic heterocycles. The van der Waals surface area contributed by atoms with Crippen LogP contribution in [-0.2, 0) is 4.74 Å². The van der Waals surface area contributed by atoms with Gasteiger partial charge in [-0.2, -0.15) is 0 Å². The number of alkyl halides is 4. The fourth-order valence-electron chi connectivity index (χ4n) is 3.72. The van der Waals surface area contributed by atoms with Gasteiger partial charge in [0.15, 0.2) is 0 Å². The van der Waals surface area contributed by atoms with Crippen LogP contribution in [0, 0.1) is 0 Å². The Morgan fingerprint density at radius 1 is 1.09 bits per heavy atom. The Morgan fingerprint density at radius 3 is 2.39 bits per heavy atom. The maximum atomic E-state index is 13.2. The molecule has 3 unspecified atom stereocenters. The van der Waals surface area contributed by atoms with Gasteiger partial charge in [0.05, 0.1) is 31.4 Å². The van der Waals surface area contributed by atoms with Gasteiger partial charge in [0.2, 0.25) is 5.92 Å². The minimum Gasteiger partial charge on any atom is -0.389 e. The number of likely N-dealkylation sites (tertiary alicyclic amines) is 1. The Balaban J connectivity index is 1.45. The number of ether oxygens (including phenoxy) is 1. The lowest BCUT2D eigenvalue weighted by Crippen LogP contribution is -2.49. The van der Waals surface area contributed by atoms with Gasteiger partial charge in [-0.15, -0.1) is 0 Å². The molecular formula is C15H24F4N2O2. The van der Waals surface area contributed by atoms with Gasteiger partial charge in [-0.05, 0) is 12.8 Å². The predicted molar refractivity (Wildman–Crippen MR) is 75.9 cm³/mol. The molecule has 2 N–H and O–H groups in total. The fourth-order valence-corrected chi connectivity index (χ4v) is 3.72. The van der Waals surface area contributed by atoms with Gasteiger partial charge in [-0.3, -0.25) is 4.90 Å². The molecule has 3 atom stereocenters. The number of nitrogens with one attached hydrogen (secondary N) is 1. The first kappa shape index (κ1) is 17.4. The van der Waals surface area contributed by atoms with E-state index in [1.165, 1.54) is 0 Å². The van der Waals surface area contributed by atoms with Crippen LogP contribution in [-0.4, -0.2) is 72.4 Å². The highest BCUT2D eigenvalue weighted by Crippen LogP contribution is 2.34. The van der Waals surface area contributed by atoms with Gasteiger partial charge in [-0.1, -0.05) is 0 Å². The van der Waals surface area contributed by atoms with Crippen LogP contribution >= 0.6 is 0 Å². The van der Waals surface area contributed by atoms with Gasteiger partial charge < -0.3 is 15.2 Å². The molecule has 0 aromatic carbocycles. The molecule has 3 fully saturated rings. The summed E-state index contributed by atoms with van der Waals surface area (Å²) in [5, 5.41) is 13.5. The molecule has 2 heterocycles. The fraction of sp³-hybridized carbons (Fsp3) is 1.00. The molecule has 0 aromatic rings. The third kappa shape index (κ3) is 4.35. The first-order valence-corrected chi connectivity index (χ1v) is 8.28. The number of hydrogen-bond donors (Lipinski definition) is 2. The van der Waals surface area contributed by atoms with Crippen molar-refractivity contribution in [2.24, 2.45) is 0 Å². The number of hydrogen-bond acceptors (Lipinski definition) is 4. The molecule has 0 spiro atoms. The summed E-state index contributed by atoms with van der Waals surface area (Å²) in [5.41, 5.74) is 0.